The van der Waals surface area contributed by atoms with Crippen LogP contribution >= 0.6 is 22.7 Å². The van der Waals surface area contributed by atoms with Gasteiger partial charge >= 0.3 is 0 Å². The Bertz CT molecular complexity index is 646. The summed E-state index contributed by atoms with van der Waals surface area (Å²) in [6, 6.07) is 5.93. The van der Waals surface area contributed by atoms with Gasteiger partial charge in [0.15, 0.2) is 0 Å². The minimum atomic E-state index is -0.202. The molecule has 0 aliphatic carbocycles. The maximum Gasteiger partial charge on any atom is 0.262 e. The van der Waals surface area contributed by atoms with Gasteiger partial charge in [-0.3, -0.25) is 4.79 Å². The summed E-state index contributed by atoms with van der Waals surface area (Å²) in [6.45, 7) is 2.45. The highest BCUT2D eigenvalue weighted by Crippen LogP contribution is 2.18. The zero-order valence-electron chi connectivity index (χ0n) is 11.1. The number of carbonyl (C=O) groups excluding carboxylic acids is 1. The Morgan fingerprint density at radius 1 is 1.35 bits per heavy atom. The first-order valence-electron chi connectivity index (χ1n) is 6.27. The van der Waals surface area contributed by atoms with E-state index in [0.717, 1.165) is 11.3 Å². The van der Waals surface area contributed by atoms with E-state index in [1.165, 1.54) is 16.2 Å². The van der Waals surface area contributed by atoms with Gasteiger partial charge in [0.2, 0.25) is 0 Å². The van der Waals surface area contributed by atoms with Gasteiger partial charge in [-0.15, -0.1) is 22.7 Å². The lowest BCUT2D eigenvalue weighted by molar-refractivity contribution is 0.0955. The van der Waals surface area contributed by atoms with Crippen LogP contribution in [0.1, 0.15) is 31.9 Å². The van der Waals surface area contributed by atoms with E-state index in [0.29, 0.717) is 17.0 Å². The van der Waals surface area contributed by atoms with E-state index in [4.69, 9.17) is 5.11 Å². The summed E-state index contributed by atoms with van der Waals surface area (Å²) in [4.78, 5) is 15.2. The number of carbonyl (C=O) groups is 1. The zero-order valence-corrected chi connectivity index (χ0v) is 12.7. The third-order valence-corrected chi connectivity index (χ3v) is 4.81. The van der Waals surface area contributed by atoms with Gasteiger partial charge in [-0.05, 0) is 30.0 Å². The highest BCUT2D eigenvalue weighted by molar-refractivity contribution is 7.12. The molecule has 2 aromatic rings. The highest BCUT2D eigenvalue weighted by Gasteiger charge is 2.11. The molecule has 2 rings (SSSR count). The van der Waals surface area contributed by atoms with Gasteiger partial charge in [-0.25, -0.2) is 0 Å². The molecule has 0 aromatic carbocycles. The minimum Gasteiger partial charge on any atom is -0.384 e. The molecule has 0 fully saturated rings. The lowest BCUT2D eigenvalue weighted by Crippen LogP contribution is -2.22. The number of thiophene rings is 2. The second kappa shape index (κ2) is 7.25. The first kappa shape index (κ1) is 14.8. The van der Waals surface area contributed by atoms with Crippen molar-refractivity contribution < 1.29 is 9.90 Å². The molecule has 5 heteroatoms. The Hall–Kier alpha value is -1.61. The number of hydrogen-bond acceptors (Lipinski definition) is 4. The molecular weight excluding hydrogens is 290 g/mol. The Kier molecular flexibility index (Phi) is 5.36. The van der Waals surface area contributed by atoms with Gasteiger partial charge in [0.05, 0.1) is 6.54 Å². The second-order valence-corrected chi connectivity index (χ2v) is 6.20. The van der Waals surface area contributed by atoms with Crippen LogP contribution in [0.15, 0.2) is 23.6 Å². The third kappa shape index (κ3) is 3.70. The molecule has 0 atom stereocenters. The fourth-order valence-electron chi connectivity index (χ4n) is 1.67. The topological polar surface area (TPSA) is 49.3 Å². The van der Waals surface area contributed by atoms with Crippen molar-refractivity contribution in [1.82, 2.24) is 5.32 Å². The summed E-state index contributed by atoms with van der Waals surface area (Å²) in [6.07, 6.45) is 1.02. The minimum absolute atomic E-state index is 0.117. The van der Waals surface area contributed by atoms with Crippen LogP contribution in [0.2, 0.25) is 0 Å². The van der Waals surface area contributed by atoms with Crippen LogP contribution in [0.5, 0.6) is 0 Å². The van der Waals surface area contributed by atoms with Gasteiger partial charge in [0.25, 0.3) is 5.91 Å². The number of nitrogens with one attached hydrogen (secondary N) is 1. The van der Waals surface area contributed by atoms with Crippen LogP contribution in [0.25, 0.3) is 0 Å². The van der Waals surface area contributed by atoms with Crippen molar-refractivity contribution in [2.75, 3.05) is 6.61 Å². The molecule has 0 radical (unpaired) electrons. The summed E-state index contributed by atoms with van der Waals surface area (Å²) in [5.41, 5.74) is 0.668. The van der Waals surface area contributed by atoms with E-state index in [1.807, 2.05) is 11.4 Å². The van der Waals surface area contributed by atoms with Crippen molar-refractivity contribution in [3.05, 3.63) is 43.8 Å². The lowest BCUT2D eigenvalue weighted by Gasteiger charge is -2.02. The molecule has 2 N–H and O–H groups in total. The van der Waals surface area contributed by atoms with Gasteiger partial charge in [0.1, 0.15) is 11.5 Å². The normalized spacial score (nSPS) is 9.90. The van der Waals surface area contributed by atoms with Gasteiger partial charge < -0.3 is 10.4 Å². The number of aliphatic hydroxyl groups excluding tert-OH is 1. The van der Waals surface area contributed by atoms with Gasteiger partial charge in [-0.2, -0.15) is 0 Å². The van der Waals surface area contributed by atoms with Crippen LogP contribution in [0.4, 0.5) is 0 Å². The molecule has 0 bridgehead atoms. The predicted octanol–water partition coefficient (Wildman–Crippen LogP) is 2.65. The van der Waals surface area contributed by atoms with Gasteiger partial charge in [0, 0.05) is 15.3 Å². The monoisotopic (exact) mass is 305 g/mol. The molecule has 2 heterocycles. The second-order valence-electron chi connectivity index (χ2n) is 4.03. The molecule has 0 saturated heterocycles. The van der Waals surface area contributed by atoms with Crippen LogP contribution in [0.3, 0.4) is 0 Å². The Morgan fingerprint density at radius 3 is 2.85 bits per heavy atom. The van der Waals surface area contributed by atoms with Crippen molar-refractivity contribution in [3.8, 4) is 11.8 Å². The highest BCUT2D eigenvalue weighted by atomic mass is 32.1. The number of rotatable bonds is 4. The molecule has 1 amide bonds. The Morgan fingerprint density at radius 2 is 2.15 bits per heavy atom. The number of hydrogen-bond donors (Lipinski definition) is 2. The number of amides is 1. The molecule has 0 unspecified atom stereocenters. The van der Waals surface area contributed by atoms with Crippen LogP contribution < -0.4 is 5.32 Å². The first-order valence-corrected chi connectivity index (χ1v) is 7.97. The summed E-state index contributed by atoms with van der Waals surface area (Å²) >= 11 is 3.08. The van der Waals surface area contributed by atoms with Crippen LogP contribution in [0, 0.1) is 11.8 Å². The summed E-state index contributed by atoms with van der Waals surface area (Å²) < 4.78 is 0. The maximum absolute atomic E-state index is 12.1. The van der Waals surface area contributed by atoms with Crippen molar-refractivity contribution in [2.45, 2.75) is 19.9 Å². The Balaban J connectivity index is 2.00. The van der Waals surface area contributed by atoms with Crippen molar-refractivity contribution in [3.63, 3.8) is 0 Å². The number of aliphatic hydroxyl groups is 1. The first-order chi connectivity index (χ1) is 9.74. The van der Waals surface area contributed by atoms with E-state index in [2.05, 4.69) is 30.1 Å². The predicted molar refractivity (Wildman–Crippen MR) is 83.2 cm³/mol. The third-order valence-electron chi connectivity index (χ3n) is 2.66. The molecule has 0 saturated carbocycles. The maximum atomic E-state index is 12.1. The van der Waals surface area contributed by atoms with E-state index in [-0.39, 0.29) is 12.5 Å². The van der Waals surface area contributed by atoms with Crippen molar-refractivity contribution in [2.24, 2.45) is 0 Å². The van der Waals surface area contributed by atoms with E-state index >= 15 is 0 Å². The van der Waals surface area contributed by atoms with Crippen LogP contribution in [-0.4, -0.2) is 17.6 Å². The smallest absolute Gasteiger partial charge is 0.262 e. The van der Waals surface area contributed by atoms with Crippen molar-refractivity contribution in [1.29, 1.82) is 0 Å². The molecule has 0 spiro atoms. The standard InChI is InChI=1S/C15H15NO2S2/c1-2-12-5-6-13(20-12)10-16-15(18)14-11(4-3-8-17)7-9-19-14/h5-7,9,17H,2,8,10H2,1H3,(H,16,18). The fraction of sp³-hybridized carbons (Fsp3) is 0.267. The zero-order chi connectivity index (χ0) is 14.4. The molecular formula is C15H15NO2S2. The lowest BCUT2D eigenvalue weighted by atomic mass is 10.2. The van der Waals surface area contributed by atoms with E-state index in [9.17, 15) is 4.79 Å². The van der Waals surface area contributed by atoms with Crippen LogP contribution in [-0.2, 0) is 13.0 Å². The molecule has 0 aliphatic rings. The summed E-state index contributed by atoms with van der Waals surface area (Å²) in [5.74, 6) is 5.24. The quantitative estimate of drug-likeness (QED) is 0.853. The number of aryl methyl sites for hydroxylation is 1. The average Bonchev–Trinajstić information content (AvgIpc) is 3.11. The molecule has 104 valence electrons. The van der Waals surface area contributed by atoms with Crippen molar-refractivity contribution >= 4 is 28.6 Å². The molecule has 3 nitrogen and oxygen atoms in total. The Labute approximate surface area is 126 Å². The largest absolute Gasteiger partial charge is 0.384 e. The molecule has 2 aromatic heterocycles. The SMILES string of the molecule is CCc1ccc(CNC(=O)c2sccc2C#CCO)s1. The summed E-state index contributed by atoms with van der Waals surface area (Å²) in [5, 5.41) is 13.4. The van der Waals surface area contributed by atoms with Gasteiger partial charge in [-0.1, -0.05) is 18.8 Å². The molecule has 0 aliphatic heterocycles. The van der Waals surface area contributed by atoms with E-state index in [1.54, 1.807) is 17.4 Å². The average molecular weight is 305 g/mol. The molecule has 20 heavy (non-hydrogen) atoms. The van der Waals surface area contributed by atoms with E-state index < -0.39 is 0 Å². The summed E-state index contributed by atoms with van der Waals surface area (Å²) in [7, 11) is 0. The fourth-order valence-corrected chi connectivity index (χ4v) is 3.34.